The Balaban J connectivity index is 1.35. The van der Waals surface area contributed by atoms with Crippen LogP contribution in [-0.2, 0) is 30.7 Å². The van der Waals surface area contributed by atoms with Gasteiger partial charge in [0.2, 0.25) is 11.8 Å². The van der Waals surface area contributed by atoms with Crippen LogP contribution in [0.15, 0.2) is 24.8 Å². The number of nitrogens with zero attached hydrogens (tertiary/aromatic N) is 7. The fraction of sp³-hybridized carbons (Fsp3) is 0.545. The summed E-state index contributed by atoms with van der Waals surface area (Å²) in [4.78, 5) is 28.2. The molecule has 5 heterocycles. The number of amides is 1. The lowest BCUT2D eigenvalue weighted by Gasteiger charge is -2.43. The van der Waals surface area contributed by atoms with E-state index in [1.165, 1.54) is 6.08 Å². The van der Waals surface area contributed by atoms with E-state index in [0.29, 0.717) is 69.9 Å². The highest BCUT2D eigenvalue weighted by Gasteiger charge is 2.34. The van der Waals surface area contributed by atoms with Gasteiger partial charge >= 0.3 is 0 Å². The molecule has 2 fully saturated rings. The van der Waals surface area contributed by atoms with Crippen LogP contribution in [0.25, 0.3) is 0 Å². The zero-order valence-corrected chi connectivity index (χ0v) is 26.5. The van der Waals surface area contributed by atoms with E-state index in [1.807, 2.05) is 6.07 Å². The van der Waals surface area contributed by atoms with Crippen molar-refractivity contribution in [2.75, 3.05) is 69.8 Å². The van der Waals surface area contributed by atoms with E-state index >= 15 is 4.39 Å². The predicted molar refractivity (Wildman–Crippen MR) is 170 cm³/mol. The molecule has 0 saturated carbocycles. The Bertz CT molecular complexity index is 1480. The second-order valence-electron chi connectivity index (χ2n) is 12.5. The highest BCUT2D eigenvalue weighted by Crippen LogP contribution is 2.40. The van der Waals surface area contributed by atoms with Crippen molar-refractivity contribution in [3.63, 3.8) is 0 Å². The van der Waals surface area contributed by atoms with Gasteiger partial charge in [-0.15, -0.1) is 0 Å². The number of pyridine rings is 1. The number of rotatable bonds is 7. The Labute approximate surface area is 264 Å². The van der Waals surface area contributed by atoms with Crippen LogP contribution in [0.5, 0.6) is 5.88 Å². The lowest BCUT2D eigenvalue weighted by molar-refractivity contribution is -0.128. The summed E-state index contributed by atoms with van der Waals surface area (Å²) < 4.78 is 22.2. The van der Waals surface area contributed by atoms with Gasteiger partial charge in [-0.3, -0.25) is 4.79 Å². The molecule has 1 amide bonds. The van der Waals surface area contributed by atoms with Crippen LogP contribution in [0.3, 0.4) is 0 Å². The summed E-state index contributed by atoms with van der Waals surface area (Å²) in [5.41, 5.74) is 5.69. The second kappa shape index (κ2) is 12.9. The number of ether oxygens (including phenoxy) is 1. The van der Waals surface area contributed by atoms with Crippen LogP contribution in [0.4, 0.5) is 15.8 Å². The molecular weight excluding hydrogens is 581 g/mol. The first-order chi connectivity index (χ1) is 21.3. The molecule has 2 saturated heterocycles. The van der Waals surface area contributed by atoms with E-state index in [-0.39, 0.29) is 29.2 Å². The predicted octanol–water partition coefficient (Wildman–Crippen LogP) is 4.01. The molecule has 2 aromatic rings. The molecule has 44 heavy (non-hydrogen) atoms. The Morgan fingerprint density at radius 3 is 2.73 bits per heavy atom. The number of hydrogen-bond donors (Lipinski definition) is 0. The van der Waals surface area contributed by atoms with Crippen LogP contribution in [0.2, 0.25) is 5.02 Å². The zero-order chi connectivity index (χ0) is 31.0. The van der Waals surface area contributed by atoms with Gasteiger partial charge in [-0.05, 0) is 69.6 Å². The quantitative estimate of drug-likeness (QED) is 0.429. The topological polar surface area (TPSA) is 79.2 Å². The van der Waals surface area contributed by atoms with Crippen molar-refractivity contribution in [2.45, 2.75) is 57.3 Å². The molecule has 11 heteroatoms. The average molecular weight is 622 g/mol. The minimum atomic E-state index is -0.372. The fourth-order valence-corrected chi connectivity index (χ4v) is 7.49. The number of carbonyl (C=O) groups excluding carboxylic acids is 1. The molecule has 6 rings (SSSR count). The molecule has 9 nitrogen and oxygen atoms in total. The van der Waals surface area contributed by atoms with Gasteiger partial charge in [0.15, 0.2) is 5.82 Å². The maximum atomic E-state index is 15.8. The number of nitriles is 1. The molecule has 1 aromatic heterocycles. The number of fused-ring (bicyclic) bond motifs is 2. The van der Waals surface area contributed by atoms with E-state index in [2.05, 4.69) is 46.3 Å². The maximum Gasteiger partial charge on any atom is 0.246 e. The second-order valence-corrected chi connectivity index (χ2v) is 12.9. The van der Waals surface area contributed by atoms with Crippen LogP contribution >= 0.6 is 11.6 Å². The van der Waals surface area contributed by atoms with Gasteiger partial charge in [-0.2, -0.15) is 5.26 Å². The number of anilines is 2. The fourth-order valence-electron chi connectivity index (χ4n) is 7.26. The van der Waals surface area contributed by atoms with Gasteiger partial charge in [0, 0.05) is 62.6 Å². The third-order valence-corrected chi connectivity index (χ3v) is 10.0. The minimum Gasteiger partial charge on any atom is -0.476 e. The van der Waals surface area contributed by atoms with E-state index in [0.717, 1.165) is 60.4 Å². The van der Waals surface area contributed by atoms with E-state index in [1.54, 1.807) is 11.0 Å². The van der Waals surface area contributed by atoms with Crippen LogP contribution in [0, 0.1) is 17.1 Å². The first kappa shape index (κ1) is 30.6. The molecule has 0 unspecified atom stereocenters. The Morgan fingerprint density at radius 2 is 1.98 bits per heavy atom. The van der Waals surface area contributed by atoms with Gasteiger partial charge < -0.3 is 29.2 Å². The van der Waals surface area contributed by atoms with E-state index in [4.69, 9.17) is 21.3 Å². The standard InChI is InChI=1S/C33H41ClFN7O2/c1-4-31(43)42-15-14-40(18-23(42)7-10-36)29-17-30(44-21-24-6-5-11-39(24)3)37-28-20-41(13-9-25(28)29)33-26-19-38(2)12-8-22(26)16-27(34)32(33)35/h4,16-17,23-24H,1,5-9,11-15,18-21H2,2-3H3/t23-,24-/m0/s1. The van der Waals surface area contributed by atoms with Gasteiger partial charge in [0.25, 0.3) is 0 Å². The smallest absolute Gasteiger partial charge is 0.246 e. The van der Waals surface area contributed by atoms with Crippen molar-refractivity contribution >= 4 is 28.9 Å². The van der Waals surface area contributed by atoms with Crippen LogP contribution < -0.4 is 14.5 Å². The lowest BCUT2D eigenvalue weighted by Crippen LogP contribution is -2.55. The van der Waals surface area contributed by atoms with Crippen molar-refractivity contribution in [1.82, 2.24) is 19.7 Å². The Morgan fingerprint density at radius 1 is 1.14 bits per heavy atom. The lowest BCUT2D eigenvalue weighted by atomic mass is 9.95. The van der Waals surface area contributed by atoms with E-state index in [9.17, 15) is 10.1 Å². The van der Waals surface area contributed by atoms with Crippen LogP contribution in [-0.4, -0.2) is 97.6 Å². The highest BCUT2D eigenvalue weighted by atomic mass is 35.5. The number of likely N-dealkylation sites (N-methyl/N-ethyl adjacent to an activating group) is 2. The SMILES string of the molecule is C=CC(=O)N1CCN(c2cc(OC[C@@H]3CCCN3C)nc3c2CCN(c2c(F)c(Cl)cc4c2CN(C)CC4)C3)C[C@@H]1CC#N. The largest absolute Gasteiger partial charge is 0.476 e. The maximum absolute atomic E-state index is 15.8. The Kier molecular flexibility index (Phi) is 8.99. The number of piperazine rings is 1. The van der Waals surface area contributed by atoms with Crippen molar-refractivity contribution < 1.29 is 13.9 Å². The molecule has 0 N–H and O–H groups in total. The molecule has 0 aliphatic carbocycles. The summed E-state index contributed by atoms with van der Waals surface area (Å²) in [5, 5.41) is 9.71. The number of aromatic nitrogens is 1. The third kappa shape index (κ3) is 5.97. The zero-order valence-electron chi connectivity index (χ0n) is 25.7. The van der Waals surface area contributed by atoms with Gasteiger partial charge in [0.05, 0.1) is 41.5 Å². The molecule has 4 aliphatic rings. The Hall–Kier alpha value is -3.39. The molecule has 0 radical (unpaired) electrons. The molecule has 0 spiro atoms. The minimum absolute atomic E-state index is 0.153. The first-order valence-corrected chi connectivity index (χ1v) is 16.0. The monoisotopic (exact) mass is 621 g/mol. The van der Waals surface area contributed by atoms with Crippen molar-refractivity contribution in [1.29, 1.82) is 5.26 Å². The number of benzene rings is 1. The summed E-state index contributed by atoms with van der Waals surface area (Å²) in [7, 11) is 4.19. The summed E-state index contributed by atoms with van der Waals surface area (Å²) in [6, 6.07) is 6.16. The van der Waals surface area contributed by atoms with Crippen molar-refractivity contribution in [2.24, 2.45) is 0 Å². The van der Waals surface area contributed by atoms with Crippen molar-refractivity contribution in [3.05, 3.63) is 58.0 Å². The number of hydrogen-bond acceptors (Lipinski definition) is 8. The highest BCUT2D eigenvalue weighted by molar-refractivity contribution is 6.31. The average Bonchev–Trinajstić information content (AvgIpc) is 3.44. The summed E-state index contributed by atoms with van der Waals surface area (Å²) in [6.07, 6.45) is 5.31. The molecular formula is C33H41ClFN7O2. The summed E-state index contributed by atoms with van der Waals surface area (Å²) in [5.74, 6) is 0.0265. The number of carbonyl (C=O) groups is 1. The van der Waals surface area contributed by atoms with Crippen LogP contribution in [0.1, 0.15) is 41.6 Å². The number of likely N-dealkylation sites (tertiary alicyclic amines) is 1. The normalized spacial score (nSPS) is 22.4. The van der Waals surface area contributed by atoms with Crippen molar-refractivity contribution in [3.8, 4) is 11.9 Å². The summed E-state index contributed by atoms with van der Waals surface area (Å²) >= 11 is 6.44. The van der Waals surface area contributed by atoms with E-state index < -0.39 is 0 Å². The third-order valence-electron chi connectivity index (χ3n) is 9.74. The molecule has 0 bridgehead atoms. The van der Waals surface area contributed by atoms with Gasteiger partial charge in [-0.25, -0.2) is 9.37 Å². The molecule has 1 aromatic carbocycles. The molecule has 2 atom stereocenters. The van der Waals surface area contributed by atoms with Gasteiger partial charge in [-0.1, -0.05) is 18.2 Å². The first-order valence-electron chi connectivity index (χ1n) is 15.6. The summed E-state index contributed by atoms with van der Waals surface area (Å²) in [6.45, 7) is 9.55. The molecule has 4 aliphatic heterocycles. The molecule has 234 valence electrons. The van der Waals surface area contributed by atoms with Gasteiger partial charge in [0.1, 0.15) is 6.61 Å². The number of halogens is 2.